The fourth-order valence-electron chi connectivity index (χ4n) is 1.14. The van der Waals surface area contributed by atoms with Gasteiger partial charge >= 0.3 is 0 Å². The van der Waals surface area contributed by atoms with E-state index in [1.807, 2.05) is 0 Å². The molecule has 0 aliphatic heterocycles. The van der Waals surface area contributed by atoms with Gasteiger partial charge in [-0.1, -0.05) is 20.8 Å². The molecule has 1 heterocycles. The van der Waals surface area contributed by atoms with Crippen molar-refractivity contribution in [3.05, 3.63) is 6.33 Å². The minimum absolute atomic E-state index is 0.512. The Hall–Kier alpha value is -0.640. The van der Waals surface area contributed by atoms with Gasteiger partial charge in [0.05, 0.1) is 0 Å². The third-order valence-electron chi connectivity index (χ3n) is 1.91. The number of hydrogen-bond acceptors (Lipinski definition) is 4. The fraction of sp³-hybridized carbons (Fsp3) is 0.750. The van der Waals surface area contributed by atoms with Crippen molar-refractivity contribution < 1.29 is 0 Å². The Balaban J connectivity index is 2.48. The molecule has 1 N–H and O–H groups in total. The van der Waals surface area contributed by atoms with Crippen LogP contribution in [0.4, 0.5) is 5.13 Å². The van der Waals surface area contributed by atoms with Gasteiger partial charge in [0.25, 0.3) is 0 Å². The first-order valence-electron chi connectivity index (χ1n) is 4.27. The molecular weight excluding hydrogens is 170 g/mol. The number of anilines is 1. The van der Waals surface area contributed by atoms with Crippen LogP contribution in [0.15, 0.2) is 6.33 Å². The minimum Gasteiger partial charge on any atom is -0.357 e. The molecule has 12 heavy (non-hydrogen) atoms. The molecule has 0 aliphatic carbocycles. The van der Waals surface area contributed by atoms with E-state index in [-0.39, 0.29) is 0 Å². The van der Waals surface area contributed by atoms with Gasteiger partial charge in [-0.25, -0.2) is 4.98 Å². The lowest BCUT2D eigenvalue weighted by atomic mass is 10.0. The molecule has 1 aromatic heterocycles. The summed E-state index contributed by atoms with van der Waals surface area (Å²) in [5.41, 5.74) is 0. The number of rotatable bonds is 4. The lowest BCUT2D eigenvalue weighted by molar-refractivity contribution is 0.511. The van der Waals surface area contributed by atoms with E-state index in [1.165, 1.54) is 11.5 Å². The molecule has 0 aromatic carbocycles. The second-order valence-electron chi connectivity index (χ2n) is 3.15. The van der Waals surface area contributed by atoms with E-state index >= 15 is 0 Å². The highest BCUT2D eigenvalue weighted by molar-refractivity contribution is 7.09. The Bertz CT molecular complexity index is 208. The van der Waals surface area contributed by atoms with E-state index in [4.69, 9.17) is 0 Å². The summed E-state index contributed by atoms with van der Waals surface area (Å²) in [6.45, 7) is 6.60. The largest absolute Gasteiger partial charge is 0.357 e. The Kier molecular flexibility index (Phi) is 3.47. The van der Waals surface area contributed by atoms with E-state index in [1.54, 1.807) is 6.33 Å². The number of hydrogen-bond donors (Lipinski definition) is 1. The van der Waals surface area contributed by atoms with Gasteiger partial charge in [-0.2, -0.15) is 4.37 Å². The predicted molar refractivity (Wildman–Crippen MR) is 52.4 cm³/mol. The first kappa shape index (κ1) is 9.45. The Labute approximate surface area is 77.4 Å². The second kappa shape index (κ2) is 4.40. The molecule has 0 saturated carbocycles. The molecule has 0 amide bonds. The quantitative estimate of drug-likeness (QED) is 0.782. The van der Waals surface area contributed by atoms with Crippen molar-refractivity contribution in [3.63, 3.8) is 0 Å². The van der Waals surface area contributed by atoms with Crippen LogP contribution in [-0.2, 0) is 0 Å². The van der Waals surface area contributed by atoms with Crippen molar-refractivity contribution in [3.8, 4) is 0 Å². The normalized spacial score (nSPS) is 13.3. The summed E-state index contributed by atoms with van der Waals surface area (Å²) in [5.74, 6) is 0.638. The second-order valence-corrected chi connectivity index (χ2v) is 3.93. The molecule has 0 bridgehead atoms. The van der Waals surface area contributed by atoms with Crippen molar-refractivity contribution >= 4 is 16.7 Å². The molecule has 1 unspecified atom stereocenters. The van der Waals surface area contributed by atoms with Crippen LogP contribution in [0.1, 0.15) is 27.2 Å². The van der Waals surface area contributed by atoms with Crippen LogP contribution in [-0.4, -0.2) is 15.4 Å². The van der Waals surface area contributed by atoms with Crippen LogP contribution in [0.2, 0.25) is 0 Å². The SMILES string of the molecule is CCC(Nc1ncns1)C(C)C. The molecule has 1 atom stereocenters. The molecule has 3 nitrogen and oxygen atoms in total. The number of nitrogens with zero attached hydrogens (tertiary/aromatic N) is 2. The zero-order valence-corrected chi connectivity index (χ0v) is 8.56. The van der Waals surface area contributed by atoms with Crippen LogP contribution in [0.5, 0.6) is 0 Å². The molecule has 0 spiro atoms. The first-order chi connectivity index (χ1) is 5.74. The van der Waals surface area contributed by atoms with E-state index in [2.05, 4.69) is 35.4 Å². The maximum atomic E-state index is 4.08. The summed E-state index contributed by atoms with van der Waals surface area (Å²) in [6, 6.07) is 0.512. The van der Waals surface area contributed by atoms with Gasteiger partial charge in [0.1, 0.15) is 6.33 Å². The molecular formula is C8H15N3S. The topological polar surface area (TPSA) is 37.8 Å². The van der Waals surface area contributed by atoms with Gasteiger partial charge in [0.2, 0.25) is 5.13 Å². The predicted octanol–water partition coefficient (Wildman–Crippen LogP) is 2.38. The Morgan fingerprint density at radius 2 is 2.33 bits per heavy atom. The number of nitrogens with one attached hydrogen (secondary N) is 1. The van der Waals surface area contributed by atoms with Gasteiger partial charge in [0.15, 0.2) is 0 Å². The van der Waals surface area contributed by atoms with Crippen molar-refractivity contribution in [1.82, 2.24) is 9.36 Å². The number of aromatic nitrogens is 2. The van der Waals surface area contributed by atoms with E-state index in [0.717, 1.165) is 11.6 Å². The van der Waals surface area contributed by atoms with Gasteiger partial charge in [-0.3, -0.25) is 0 Å². The van der Waals surface area contributed by atoms with E-state index < -0.39 is 0 Å². The smallest absolute Gasteiger partial charge is 0.202 e. The summed E-state index contributed by atoms with van der Waals surface area (Å²) < 4.78 is 3.94. The van der Waals surface area contributed by atoms with Gasteiger partial charge in [-0.15, -0.1) is 0 Å². The monoisotopic (exact) mass is 185 g/mol. The molecule has 1 rings (SSSR count). The maximum Gasteiger partial charge on any atom is 0.202 e. The third-order valence-corrected chi connectivity index (χ3v) is 2.51. The third kappa shape index (κ3) is 2.44. The maximum absolute atomic E-state index is 4.08. The molecule has 0 fully saturated rings. The minimum atomic E-state index is 0.512. The standard InChI is InChI=1S/C8H15N3S/c1-4-7(6(2)3)11-8-9-5-10-12-8/h5-7H,4H2,1-3H3,(H,9,10,11). The van der Waals surface area contributed by atoms with Gasteiger partial charge in [0, 0.05) is 17.6 Å². The molecule has 0 radical (unpaired) electrons. The van der Waals surface area contributed by atoms with Crippen LogP contribution in [0.25, 0.3) is 0 Å². The lowest BCUT2D eigenvalue weighted by Crippen LogP contribution is -2.24. The fourth-order valence-corrected chi connectivity index (χ4v) is 1.63. The Morgan fingerprint density at radius 1 is 1.58 bits per heavy atom. The molecule has 4 heteroatoms. The Morgan fingerprint density at radius 3 is 2.75 bits per heavy atom. The average Bonchev–Trinajstić information content (AvgIpc) is 2.51. The van der Waals surface area contributed by atoms with Crippen LogP contribution in [0.3, 0.4) is 0 Å². The lowest BCUT2D eigenvalue weighted by Gasteiger charge is -2.19. The first-order valence-corrected chi connectivity index (χ1v) is 5.04. The van der Waals surface area contributed by atoms with Crippen LogP contribution in [0, 0.1) is 5.92 Å². The van der Waals surface area contributed by atoms with Crippen molar-refractivity contribution in [1.29, 1.82) is 0 Å². The highest BCUT2D eigenvalue weighted by Gasteiger charge is 2.11. The zero-order chi connectivity index (χ0) is 8.97. The summed E-state index contributed by atoms with van der Waals surface area (Å²) in [4.78, 5) is 4.08. The summed E-state index contributed by atoms with van der Waals surface area (Å²) in [5, 5.41) is 4.28. The summed E-state index contributed by atoms with van der Waals surface area (Å²) in [6.07, 6.45) is 2.71. The van der Waals surface area contributed by atoms with E-state index in [0.29, 0.717) is 12.0 Å². The highest BCUT2D eigenvalue weighted by atomic mass is 32.1. The molecule has 0 saturated heterocycles. The molecule has 68 valence electrons. The van der Waals surface area contributed by atoms with Crippen molar-refractivity contribution in [2.45, 2.75) is 33.2 Å². The summed E-state index contributed by atoms with van der Waals surface area (Å²) >= 11 is 1.41. The van der Waals surface area contributed by atoms with Gasteiger partial charge in [-0.05, 0) is 12.3 Å². The van der Waals surface area contributed by atoms with E-state index in [9.17, 15) is 0 Å². The van der Waals surface area contributed by atoms with Gasteiger partial charge < -0.3 is 5.32 Å². The van der Waals surface area contributed by atoms with Crippen molar-refractivity contribution in [2.75, 3.05) is 5.32 Å². The van der Waals surface area contributed by atoms with Crippen LogP contribution < -0.4 is 5.32 Å². The summed E-state index contributed by atoms with van der Waals surface area (Å²) in [7, 11) is 0. The highest BCUT2D eigenvalue weighted by Crippen LogP contribution is 2.14. The van der Waals surface area contributed by atoms with Crippen LogP contribution >= 0.6 is 11.5 Å². The molecule has 0 aliphatic rings. The molecule has 1 aromatic rings. The van der Waals surface area contributed by atoms with Crippen molar-refractivity contribution in [2.24, 2.45) is 5.92 Å². The average molecular weight is 185 g/mol. The zero-order valence-electron chi connectivity index (χ0n) is 7.74.